The molecule has 0 saturated heterocycles. The maximum absolute atomic E-state index is 13.1. The van der Waals surface area contributed by atoms with E-state index in [2.05, 4.69) is 20.5 Å². The molecule has 1 saturated carbocycles. The van der Waals surface area contributed by atoms with Gasteiger partial charge in [-0.3, -0.25) is 22.9 Å². The molecule has 0 radical (unpaired) electrons. The van der Waals surface area contributed by atoms with Crippen molar-refractivity contribution in [2.24, 2.45) is 5.92 Å². The summed E-state index contributed by atoms with van der Waals surface area (Å²) in [5, 5.41) is 30.7. The van der Waals surface area contributed by atoms with Gasteiger partial charge in [-0.1, -0.05) is 84.0 Å². The molecule has 52 heavy (non-hydrogen) atoms. The molecule has 0 aromatic heterocycles. The number of rotatable bonds is 29. The highest BCUT2D eigenvalue weighted by Gasteiger charge is 2.58. The fourth-order valence-corrected chi connectivity index (χ4v) is 8.82. The average Bonchev–Trinajstić information content (AvgIpc) is 3.01. The van der Waals surface area contributed by atoms with Gasteiger partial charge in [-0.25, -0.2) is 13.7 Å². The van der Waals surface area contributed by atoms with Crippen molar-refractivity contribution in [1.82, 2.24) is 0 Å². The summed E-state index contributed by atoms with van der Waals surface area (Å²) in [5.74, 6) is -2.83. The molecule has 25 heteroatoms. The van der Waals surface area contributed by atoms with Gasteiger partial charge in [0.1, 0.15) is 31.2 Å². The quantitative estimate of drug-likeness (QED) is 0.0223. The molecule has 0 bridgehead atoms. The Balaban J connectivity index is 2.81. The molecule has 1 rings (SSSR count). The molecule has 1 aliphatic carbocycles. The second-order valence-corrected chi connectivity index (χ2v) is 18.0. The van der Waals surface area contributed by atoms with Crippen molar-refractivity contribution in [3.63, 3.8) is 0 Å². The topological polar surface area (TPSA) is 343 Å². The molecule has 310 valence electrons. The van der Waals surface area contributed by atoms with Crippen LogP contribution in [0.3, 0.4) is 0 Å². The normalized spacial score (nSPS) is 24.8. The lowest BCUT2D eigenvalue weighted by molar-refractivity contribution is -0.188. The summed E-state index contributed by atoms with van der Waals surface area (Å²) in [6.07, 6.45) is -1.35. The van der Waals surface area contributed by atoms with Crippen LogP contribution in [0.2, 0.25) is 0 Å². The van der Waals surface area contributed by atoms with Crippen molar-refractivity contribution in [3.8, 4) is 0 Å². The Morgan fingerprint density at radius 1 is 0.615 bits per heavy atom. The molecule has 0 aromatic rings. The number of phosphoric acid groups is 3. The van der Waals surface area contributed by atoms with Gasteiger partial charge in [0.25, 0.3) is 0 Å². The van der Waals surface area contributed by atoms with E-state index in [9.17, 15) is 67.5 Å². The summed E-state index contributed by atoms with van der Waals surface area (Å²) in [7, 11) is -22.1. The van der Waals surface area contributed by atoms with Crippen LogP contribution >= 0.6 is 31.1 Å². The Kier molecular flexibility index (Phi) is 23.4. The second kappa shape index (κ2) is 24.4. The summed E-state index contributed by atoms with van der Waals surface area (Å²) in [5.41, 5.74) is 0. The van der Waals surface area contributed by atoms with Crippen molar-refractivity contribution in [1.29, 1.82) is 0 Å². The van der Waals surface area contributed by atoms with Crippen LogP contribution < -0.4 is 0 Å². The minimum Gasteiger partial charge on any atom is -0.457 e. The first-order valence-electron chi connectivity index (χ1n) is 17.0. The van der Waals surface area contributed by atoms with Crippen molar-refractivity contribution in [2.45, 2.75) is 133 Å². The van der Waals surface area contributed by atoms with Crippen LogP contribution in [-0.2, 0) is 50.6 Å². The number of aliphatic hydroxyl groups is 3. The van der Waals surface area contributed by atoms with E-state index in [1.165, 1.54) is 44.9 Å². The highest BCUT2D eigenvalue weighted by molar-refractivity contribution is 7.52. The monoisotopic (exact) mass is 840 g/mol. The number of carbonyl (C=O) groups excluding carboxylic acids is 1. The first-order valence-corrected chi connectivity index (χ1v) is 23.4. The van der Waals surface area contributed by atoms with Gasteiger partial charge < -0.3 is 63.6 Å². The lowest BCUT2D eigenvalue weighted by Crippen LogP contribution is -2.63. The van der Waals surface area contributed by atoms with Gasteiger partial charge in [0.05, 0.1) is 31.6 Å². The zero-order valence-corrected chi connectivity index (χ0v) is 32.6. The second-order valence-electron chi connectivity index (χ2n) is 12.5. The van der Waals surface area contributed by atoms with Gasteiger partial charge in [-0.15, -0.1) is 0 Å². The van der Waals surface area contributed by atoms with Crippen LogP contribution in [-0.4, -0.2) is 118 Å². The molecule has 8 atom stereocenters. The van der Waals surface area contributed by atoms with E-state index in [0.717, 1.165) is 32.1 Å². The third-order valence-electron chi connectivity index (χ3n) is 8.06. The van der Waals surface area contributed by atoms with Crippen molar-refractivity contribution in [3.05, 3.63) is 0 Å². The number of aliphatic hydroxyl groups excluding tert-OH is 3. The zero-order chi connectivity index (χ0) is 39.6. The number of hydrogen-bond acceptors (Lipinski definition) is 14. The number of unbranched alkanes of at least 4 members (excludes halogenated alkanes) is 12. The van der Waals surface area contributed by atoms with E-state index in [1.54, 1.807) is 0 Å². The fourth-order valence-electron chi connectivity index (χ4n) is 5.67. The van der Waals surface area contributed by atoms with Crippen molar-refractivity contribution in [2.75, 3.05) is 26.2 Å². The largest absolute Gasteiger partial charge is 0.470 e. The Hall–Kier alpha value is -0.210. The number of ether oxygens (including phenoxy) is 2. The average molecular weight is 841 g/mol. The van der Waals surface area contributed by atoms with E-state index in [0.29, 0.717) is 6.42 Å². The predicted molar refractivity (Wildman–Crippen MR) is 180 cm³/mol. The molecule has 0 amide bonds. The molecular formula is C27H56O21P4. The minimum atomic E-state index is -5.71. The SMILES string of the molecule is CCCCCCCCCCCCCCCC(=O)O[C@@H](COCO)COP(=O)(O)CC1C(O)[C@H](OP(=O)(O)O)C(OP(=O)(O)O)C(OP(=O)(O)O)[C@@H]1O. The molecular weight excluding hydrogens is 784 g/mol. The van der Waals surface area contributed by atoms with E-state index >= 15 is 0 Å². The number of carbonyl (C=O) groups is 1. The lowest BCUT2D eigenvalue weighted by atomic mass is 9.79. The Morgan fingerprint density at radius 2 is 1.02 bits per heavy atom. The standard InChI is InChI=1S/C27H56O21P4/c1-2-3-4-5-6-7-8-9-10-11-12-13-14-15-22(29)45-20(16-43-19-28)17-44-49(32,33)18-21-23(30)25(46-50(34,35)36)27(48-52(40,41)42)26(24(21)31)47-51(37,38)39/h20-21,23-28,30-31H,2-19H2,1H3,(H,32,33)(H2,34,35,36)(H2,37,38,39)(H2,40,41,42)/t20-,21?,23+,24?,25?,26-,27?/m0/s1. The van der Waals surface area contributed by atoms with Crippen LogP contribution in [0.4, 0.5) is 0 Å². The maximum atomic E-state index is 13.1. The highest BCUT2D eigenvalue weighted by atomic mass is 31.2. The Bertz CT molecular complexity index is 1170. The Morgan fingerprint density at radius 3 is 1.42 bits per heavy atom. The summed E-state index contributed by atoms with van der Waals surface area (Å²) in [4.78, 5) is 78.9. The molecule has 0 aromatic carbocycles. The number of esters is 1. The first-order chi connectivity index (χ1) is 24.1. The minimum absolute atomic E-state index is 0.00436. The lowest BCUT2D eigenvalue weighted by Gasteiger charge is -2.46. The van der Waals surface area contributed by atoms with E-state index in [4.69, 9.17) is 19.1 Å². The van der Waals surface area contributed by atoms with Crippen LogP contribution in [0.15, 0.2) is 0 Å². The summed E-state index contributed by atoms with van der Waals surface area (Å²) < 4.78 is 76.0. The predicted octanol–water partition coefficient (Wildman–Crippen LogP) is 2.33. The Labute approximate surface area is 302 Å². The molecule has 1 aliphatic rings. The first kappa shape index (κ1) is 49.8. The fraction of sp³-hybridized carbons (Fsp3) is 0.963. The summed E-state index contributed by atoms with van der Waals surface area (Å²) in [6, 6.07) is 0. The summed E-state index contributed by atoms with van der Waals surface area (Å²) in [6.45, 7) is 0.0382. The molecule has 0 aliphatic heterocycles. The van der Waals surface area contributed by atoms with E-state index < -0.39 is 106 Å². The molecule has 21 nitrogen and oxygen atoms in total. The van der Waals surface area contributed by atoms with Crippen LogP contribution in [0, 0.1) is 5.92 Å². The third kappa shape index (κ3) is 22.4. The van der Waals surface area contributed by atoms with Crippen molar-refractivity contribution >= 4 is 37.0 Å². The van der Waals surface area contributed by atoms with Gasteiger partial charge in [-0.05, 0) is 6.42 Å². The molecule has 10 N–H and O–H groups in total. The van der Waals surface area contributed by atoms with Gasteiger partial charge in [0.15, 0.2) is 0 Å². The van der Waals surface area contributed by atoms with Crippen molar-refractivity contribution < 1.29 is 100 Å². The van der Waals surface area contributed by atoms with Gasteiger partial charge in [0.2, 0.25) is 0 Å². The van der Waals surface area contributed by atoms with Gasteiger partial charge in [-0.2, -0.15) is 0 Å². The molecule has 1 fully saturated rings. The third-order valence-corrected chi connectivity index (χ3v) is 11.0. The van der Waals surface area contributed by atoms with E-state index in [-0.39, 0.29) is 6.42 Å². The zero-order valence-electron chi connectivity index (χ0n) is 29.0. The van der Waals surface area contributed by atoms with Gasteiger partial charge >= 0.3 is 37.0 Å². The van der Waals surface area contributed by atoms with Crippen LogP contribution in [0.1, 0.15) is 96.8 Å². The van der Waals surface area contributed by atoms with Crippen LogP contribution in [0.5, 0.6) is 0 Å². The smallest absolute Gasteiger partial charge is 0.457 e. The van der Waals surface area contributed by atoms with Gasteiger partial charge in [0, 0.05) is 12.3 Å². The number of hydrogen-bond donors (Lipinski definition) is 10. The molecule has 0 spiro atoms. The number of phosphoric ester groups is 3. The molecule has 5 unspecified atom stereocenters. The molecule has 0 heterocycles. The highest BCUT2D eigenvalue weighted by Crippen LogP contribution is 2.54. The van der Waals surface area contributed by atoms with Crippen LogP contribution in [0.25, 0.3) is 0 Å². The van der Waals surface area contributed by atoms with E-state index in [1.807, 2.05) is 0 Å². The maximum Gasteiger partial charge on any atom is 0.470 e. The summed E-state index contributed by atoms with van der Waals surface area (Å²) >= 11 is 0.